The first-order valence-electron chi connectivity index (χ1n) is 7.72. The summed E-state index contributed by atoms with van der Waals surface area (Å²) in [5.74, 6) is -0.818. The van der Waals surface area contributed by atoms with Crippen LogP contribution < -0.4 is 0 Å². The Kier molecular flexibility index (Phi) is 6.60. The van der Waals surface area contributed by atoms with Crippen LogP contribution in [0.15, 0.2) is 11.8 Å². The fourth-order valence-electron chi connectivity index (χ4n) is 5.12. The zero-order valence-electron chi connectivity index (χ0n) is 15.9. The van der Waals surface area contributed by atoms with Crippen molar-refractivity contribution in [2.24, 2.45) is 0 Å². The van der Waals surface area contributed by atoms with E-state index in [1.54, 1.807) is 0 Å². The summed E-state index contributed by atoms with van der Waals surface area (Å²) in [7, 11) is -5.48. The maximum Gasteiger partial charge on any atom is 0.422 e. The van der Waals surface area contributed by atoms with Crippen LogP contribution in [-0.4, -0.2) is 48.2 Å². The quantitative estimate of drug-likeness (QED) is 0.360. The standard InChI is InChI=1S/C14H31F3O2Si4/c1-12(13(18)19-11-14(15,16)17)23(20(2,3)4,21(5,6)7)22(8,9)10/h1,11H2,2-10H3. The van der Waals surface area contributed by atoms with Gasteiger partial charge in [0.15, 0.2) is 6.61 Å². The highest BCUT2D eigenvalue weighted by atomic mass is 29.9. The van der Waals surface area contributed by atoms with Crippen molar-refractivity contribution in [1.82, 2.24) is 0 Å². The third-order valence-corrected chi connectivity index (χ3v) is 75.8. The van der Waals surface area contributed by atoms with Gasteiger partial charge in [-0.2, -0.15) is 13.2 Å². The van der Waals surface area contributed by atoms with Gasteiger partial charge in [-0.05, 0) is 0 Å². The van der Waals surface area contributed by atoms with Crippen LogP contribution in [0.5, 0.6) is 0 Å². The largest absolute Gasteiger partial charge is 0.453 e. The first-order chi connectivity index (χ1) is 9.79. The minimum atomic E-state index is -4.50. The van der Waals surface area contributed by atoms with Crippen molar-refractivity contribution < 1.29 is 22.7 Å². The maximum absolute atomic E-state index is 12.5. The molecule has 0 aliphatic rings. The van der Waals surface area contributed by atoms with E-state index in [1.165, 1.54) is 0 Å². The van der Waals surface area contributed by atoms with Gasteiger partial charge < -0.3 is 4.74 Å². The number of esters is 1. The molecule has 0 bridgehead atoms. The Morgan fingerprint density at radius 2 is 1.17 bits per heavy atom. The van der Waals surface area contributed by atoms with E-state index in [9.17, 15) is 18.0 Å². The second kappa shape index (κ2) is 6.64. The van der Waals surface area contributed by atoms with Gasteiger partial charge in [0.2, 0.25) is 0 Å². The maximum atomic E-state index is 12.5. The van der Waals surface area contributed by atoms with Gasteiger partial charge in [-0.3, -0.25) is 0 Å². The van der Waals surface area contributed by atoms with E-state index in [2.05, 4.69) is 70.2 Å². The average molecular weight is 401 g/mol. The molecule has 0 aromatic rings. The first kappa shape index (κ1) is 22.9. The van der Waals surface area contributed by atoms with Crippen molar-refractivity contribution in [3.8, 4) is 0 Å². The van der Waals surface area contributed by atoms with Crippen LogP contribution in [0.2, 0.25) is 58.9 Å². The van der Waals surface area contributed by atoms with E-state index in [4.69, 9.17) is 0 Å². The number of hydrogen-bond donors (Lipinski definition) is 0. The number of halogens is 3. The highest BCUT2D eigenvalue weighted by Gasteiger charge is 2.64. The number of ether oxygens (including phenoxy) is 1. The Labute approximate surface area is 141 Å². The van der Waals surface area contributed by atoms with Crippen LogP contribution in [0.3, 0.4) is 0 Å². The number of hydrogen-bond acceptors (Lipinski definition) is 2. The molecular formula is C14H31F3O2Si4. The molecule has 23 heavy (non-hydrogen) atoms. The minimum Gasteiger partial charge on any atom is -0.453 e. The predicted octanol–water partition coefficient (Wildman–Crippen LogP) is 4.89. The van der Waals surface area contributed by atoms with E-state index in [-0.39, 0.29) is 0 Å². The second-order valence-electron chi connectivity index (χ2n) is 9.17. The lowest BCUT2D eigenvalue weighted by molar-refractivity contribution is -0.183. The molecule has 0 amide bonds. The van der Waals surface area contributed by atoms with Crippen molar-refractivity contribution in [2.45, 2.75) is 65.1 Å². The second-order valence-corrected chi connectivity index (χ2v) is 49.5. The van der Waals surface area contributed by atoms with Crippen molar-refractivity contribution in [3.63, 3.8) is 0 Å². The smallest absolute Gasteiger partial charge is 0.422 e. The fourth-order valence-corrected chi connectivity index (χ4v) is 105. The Morgan fingerprint density at radius 3 is 1.39 bits per heavy atom. The van der Waals surface area contributed by atoms with Gasteiger partial charge in [0.25, 0.3) is 0 Å². The summed E-state index contributed by atoms with van der Waals surface area (Å²) in [6.07, 6.45) is -4.50. The summed E-state index contributed by atoms with van der Waals surface area (Å²) in [6, 6.07) is 0. The molecule has 0 aromatic heterocycles. The van der Waals surface area contributed by atoms with Crippen molar-refractivity contribution in [1.29, 1.82) is 0 Å². The molecule has 9 heteroatoms. The van der Waals surface area contributed by atoms with Crippen LogP contribution in [-0.2, 0) is 9.53 Å². The summed E-state index contributed by atoms with van der Waals surface area (Å²) in [6.45, 7) is 20.5. The molecule has 0 aliphatic carbocycles. The minimum absolute atomic E-state index is 0.416. The number of carbonyl (C=O) groups excluding carboxylic acids is 1. The van der Waals surface area contributed by atoms with Crippen LogP contribution in [0, 0.1) is 0 Å². The summed E-state index contributed by atoms with van der Waals surface area (Å²) < 4.78 is 41.8. The Hall–Kier alpha value is -0.132. The number of alkyl halides is 3. The molecule has 0 heterocycles. The van der Waals surface area contributed by atoms with Gasteiger partial charge in [-0.25, -0.2) is 4.79 Å². The summed E-state index contributed by atoms with van der Waals surface area (Å²) in [4.78, 5) is 12.5. The molecule has 0 aromatic carbocycles. The van der Waals surface area contributed by atoms with Crippen molar-refractivity contribution >= 4 is 35.4 Å². The summed E-state index contributed by atoms with van der Waals surface area (Å²) in [5, 5.41) is 0.416. The summed E-state index contributed by atoms with van der Waals surface area (Å²) in [5.41, 5.74) is 0. The van der Waals surface area contributed by atoms with Crippen molar-refractivity contribution in [3.05, 3.63) is 11.8 Å². The molecule has 0 aliphatic heterocycles. The highest BCUT2D eigenvalue weighted by molar-refractivity contribution is 7.91. The Balaban J connectivity index is 6.09. The first-order valence-corrected chi connectivity index (χ1v) is 23.2. The molecule has 0 fully saturated rings. The lowest BCUT2D eigenvalue weighted by Crippen LogP contribution is -2.84. The van der Waals surface area contributed by atoms with Gasteiger partial charge in [0.05, 0.1) is 6.63 Å². The Morgan fingerprint density at radius 1 is 0.870 bits per heavy atom. The molecule has 0 atom stereocenters. The Bertz CT molecular complexity index is 432. The van der Waals surface area contributed by atoms with E-state index >= 15 is 0 Å². The van der Waals surface area contributed by atoms with E-state index in [1.807, 2.05) is 0 Å². The van der Waals surface area contributed by atoms with E-state index in [0.29, 0.717) is 5.20 Å². The van der Waals surface area contributed by atoms with Gasteiger partial charge >= 0.3 is 12.1 Å². The zero-order valence-corrected chi connectivity index (χ0v) is 19.9. The topological polar surface area (TPSA) is 26.3 Å². The SMILES string of the molecule is C=C(C(=O)OCC(F)(F)F)[Si]([Si](C)(C)C)([Si](C)(C)C)[Si](C)(C)C. The number of carbonyl (C=O) groups is 1. The molecule has 2 nitrogen and oxygen atoms in total. The highest BCUT2D eigenvalue weighted by Crippen LogP contribution is 2.41. The fraction of sp³-hybridized carbons (Fsp3) is 0.786. The number of rotatable bonds is 6. The van der Waals surface area contributed by atoms with Crippen LogP contribution >= 0.6 is 0 Å². The van der Waals surface area contributed by atoms with Crippen LogP contribution in [0.25, 0.3) is 0 Å². The average Bonchev–Trinajstić information content (AvgIpc) is 2.18. The monoisotopic (exact) mass is 400 g/mol. The van der Waals surface area contributed by atoms with E-state index in [0.717, 1.165) is 0 Å². The van der Waals surface area contributed by atoms with E-state index < -0.39 is 48.2 Å². The molecule has 0 unspecified atom stereocenters. The van der Waals surface area contributed by atoms with Crippen LogP contribution in [0.1, 0.15) is 0 Å². The van der Waals surface area contributed by atoms with Gasteiger partial charge in [-0.1, -0.05) is 65.5 Å². The molecule has 0 N–H and O–H groups in total. The molecule has 0 saturated carbocycles. The zero-order chi connectivity index (χ0) is 19.1. The molecule has 136 valence electrons. The lowest BCUT2D eigenvalue weighted by Gasteiger charge is -2.57. The van der Waals surface area contributed by atoms with Gasteiger partial charge in [0.1, 0.15) is 0 Å². The normalized spacial score (nSPS) is 14.6. The molecule has 0 saturated heterocycles. The summed E-state index contributed by atoms with van der Waals surface area (Å²) >= 11 is 0. The van der Waals surface area contributed by atoms with Gasteiger partial charge in [0, 0.05) is 28.0 Å². The molecule has 0 spiro atoms. The third kappa shape index (κ3) is 4.70. The lowest BCUT2D eigenvalue weighted by atomic mass is 10.6. The van der Waals surface area contributed by atoms with Crippen LogP contribution in [0.4, 0.5) is 13.2 Å². The predicted molar refractivity (Wildman–Crippen MR) is 102 cm³/mol. The molecule has 0 radical (unpaired) electrons. The van der Waals surface area contributed by atoms with Gasteiger partial charge in [-0.15, -0.1) is 0 Å². The molecule has 0 rings (SSSR count). The third-order valence-electron chi connectivity index (χ3n) is 4.44. The van der Waals surface area contributed by atoms with Crippen molar-refractivity contribution in [2.75, 3.05) is 6.61 Å². The molecular weight excluding hydrogens is 369 g/mol.